The maximum absolute atomic E-state index is 6.23. The topological polar surface area (TPSA) is 29.3 Å². The monoisotopic (exact) mass is 254 g/mol. The summed E-state index contributed by atoms with van der Waals surface area (Å²) in [6.45, 7) is 10.4. The third kappa shape index (κ3) is 3.71. The number of nitrogens with two attached hydrogens (primary N) is 1. The van der Waals surface area contributed by atoms with Gasteiger partial charge in [0.15, 0.2) is 0 Å². The lowest BCUT2D eigenvalue weighted by Crippen LogP contribution is -2.59. The lowest BCUT2D eigenvalue weighted by Gasteiger charge is -2.50. The molecule has 1 rings (SSSR count). The first-order chi connectivity index (χ1) is 8.71. The van der Waals surface area contributed by atoms with Gasteiger partial charge in [0.2, 0.25) is 0 Å². The largest absolute Gasteiger partial charge is 0.329 e. The average molecular weight is 254 g/mol. The van der Waals surface area contributed by atoms with E-state index >= 15 is 0 Å². The van der Waals surface area contributed by atoms with Crippen molar-refractivity contribution in [1.29, 1.82) is 0 Å². The van der Waals surface area contributed by atoms with Gasteiger partial charge in [-0.2, -0.15) is 0 Å². The third-order valence-corrected chi connectivity index (χ3v) is 4.96. The molecule has 2 heteroatoms. The van der Waals surface area contributed by atoms with Crippen LogP contribution in [0.25, 0.3) is 0 Å². The maximum atomic E-state index is 6.23. The van der Waals surface area contributed by atoms with Crippen LogP contribution in [0.3, 0.4) is 0 Å². The van der Waals surface area contributed by atoms with Crippen molar-refractivity contribution >= 4 is 0 Å². The summed E-state index contributed by atoms with van der Waals surface area (Å²) < 4.78 is 0. The molecule has 1 aliphatic rings. The Morgan fingerprint density at radius 1 is 1.11 bits per heavy atom. The van der Waals surface area contributed by atoms with E-state index in [1.807, 2.05) is 0 Å². The molecule has 2 nitrogen and oxygen atoms in total. The van der Waals surface area contributed by atoms with E-state index in [1.165, 1.54) is 64.5 Å². The zero-order valence-electron chi connectivity index (χ0n) is 12.9. The molecule has 0 amide bonds. The minimum absolute atomic E-state index is 0.308. The molecule has 0 aromatic rings. The molecule has 0 aromatic heterocycles. The van der Waals surface area contributed by atoms with Gasteiger partial charge in [-0.3, -0.25) is 4.90 Å². The molecule has 1 fully saturated rings. The Hall–Kier alpha value is -0.0800. The first kappa shape index (κ1) is 16.0. The van der Waals surface area contributed by atoms with E-state index < -0.39 is 0 Å². The summed E-state index contributed by atoms with van der Waals surface area (Å²) >= 11 is 0. The van der Waals surface area contributed by atoms with Crippen LogP contribution in [0, 0.1) is 5.92 Å². The molecule has 18 heavy (non-hydrogen) atoms. The van der Waals surface area contributed by atoms with Crippen LogP contribution in [0.4, 0.5) is 0 Å². The highest BCUT2D eigenvalue weighted by atomic mass is 15.2. The second-order valence-electron chi connectivity index (χ2n) is 6.15. The highest BCUT2D eigenvalue weighted by molar-refractivity contribution is 4.98. The molecule has 1 aliphatic carbocycles. The van der Waals surface area contributed by atoms with Crippen molar-refractivity contribution in [2.75, 3.05) is 19.6 Å². The predicted molar refractivity (Wildman–Crippen MR) is 80.8 cm³/mol. The lowest BCUT2D eigenvalue weighted by molar-refractivity contribution is 0.0110. The SMILES string of the molecule is CCCCN(CCCC)C1(CN)CCCCC1C. The van der Waals surface area contributed by atoms with Crippen LogP contribution in [-0.4, -0.2) is 30.1 Å². The Bertz CT molecular complexity index is 209. The molecule has 2 atom stereocenters. The van der Waals surface area contributed by atoms with Crippen molar-refractivity contribution in [3.05, 3.63) is 0 Å². The maximum Gasteiger partial charge on any atom is 0.0357 e. The molecule has 0 heterocycles. The van der Waals surface area contributed by atoms with Crippen molar-refractivity contribution in [3.8, 4) is 0 Å². The predicted octanol–water partition coefficient (Wildman–Crippen LogP) is 3.80. The summed E-state index contributed by atoms with van der Waals surface area (Å²) in [5.41, 5.74) is 6.54. The molecule has 108 valence electrons. The van der Waals surface area contributed by atoms with E-state index in [1.54, 1.807) is 0 Å². The molecule has 0 saturated heterocycles. The highest BCUT2D eigenvalue weighted by Gasteiger charge is 2.41. The van der Waals surface area contributed by atoms with Gasteiger partial charge in [-0.25, -0.2) is 0 Å². The number of rotatable bonds is 8. The molecule has 1 saturated carbocycles. The molecule has 0 aromatic carbocycles. The van der Waals surface area contributed by atoms with Crippen LogP contribution in [0.2, 0.25) is 0 Å². The first-order valence-corrected chi connectivity index (χ1v) is 8.16. The Balaban J connectivity index is 2.75. The minimum atomic E-state index is 0.308. The zero-order chi connectivity index (χ0) is 13.4. The lowest BCUT2D eigenvalue weighted by atomic mass is 9.72. The van der Waals surface area contributed by atoms with Crippen molar-refractivity contribution in [3.63, 3.8) is 0 Å². The van der Waals surface area contributed by atoms with Gasteiger partial charge in [0.1, 0.15) is 0 Å². The second-order valence-corrected chi connectivity index (χ2v) is 6.15. The zero-order valence-corrected chi connectivity index (χ0v) is 12.9. The summed E-state index contributed by atoms with van der Waals surface area (Å²) in [5, 5.41) is 0. The highest BCUT2D eigenvalue weighted by Crippen LogP contribution is 2.38. The van der Waals surface area contributed by atoms with E-state index in [2.05, 4.69) is 25.7 Å². The molecule has 0 spiro atoms. The fourth-order valence-electron chi connectivity index (χ4n) is 3.55. The van der Waals surface area contributed by atoms with E-state index in [4.69, 9.17) is 5.73 Å². The Morgan fingerprint density at radius 3 is 2.17 bits per heavy atom. The van der Waals surface area contributed by atoms with Gasteiger partial charge in [0.25, 0.3) is 0 Å². The van der Waals surface area contributed by atoms with Crippen molar-refractivity contribution in [2.45, 2.75) is 77.7 Å². The summed E-state index contributed by atoms with van der Waals surface area (Å²) in [6.07, 6.45) is 10.7. The second kappa shape index (κ2) is 8.16. The van der Waals surface area contributed by atoms with Gasteiger partial charge in [-0.1, -0.05) is 46.5 Å². The van der Waals surface area contributed by atoms with Crippen LogP contribution >= 0.6 is 0 Å². The standard InChI is InChI=1S/C16H34N2/c1-4-6-12-18(13-7-5-2)16(14-17)11-9-8-10-15(16)3/h15H,4-14,17H2,1-3H3. The molecular formula is C16H34N2. The van der Waals surface area contributed by atoms with Crippen molar-refractivity contribution < 1.29 is 0 Å². The van der Waals surface area contributed by atoms with Crippen LogP contribution < -0.4 is 5.73 Å². The summed E-state index contributed by atoms with van der Waals surface area (Å²) in [4.78, 5) is 2.75. The van der Waals surface area contributed by atoms with Gasteiger partial charge >= 0.3 is 0 Å². The fraction of sp³-hybridized carbons (Fsp3) is 1.00. The number of hydrogen-bond donors (Lipinski definition) is 1. The quantitative estimate of drug-likeness (QED) is 0.714. The van der Waals surface area contributed by atoms with Crippen LogP contribution in [-0.2, 0) is 0 Å². The van der Waals surface area contributed by atoms with Gasteiger partial charge in [0.05, 0.1) is 0 Å². The molecule has 0 bridgehead atoms. The third-order valence-electron chi connectivity index (χ3n) is 4.96. The van der Waals surface area contributed by atoms with Crippen molar-refractivity contribution in [2.24, 2.45) is 11.7 Å². The Morgan fingerprint density at radius 2 is 1.72 bits per heavy atom. The van der Waals surface area contributed by atoms with E-state index in [0.717, 1.165) is 12.5 Å². The number of hydrogen-bond acceptors (Lipinski definition) is 2. The van der Waals surface area contributed by atoms with Crippen molar-refractivity contribution in [1.82, 2.24) is 4.90 Å². The fourth-order valence-corrected chi connectivity index (χ4v) is 3.55. The van der Waals surface area contributed by atoms with Gasteiger partial charge in [-0.05, 0) is 44.7 Å². The summed E-state index contributed by atoms with van der Waals surface area (Å²) in [5.74, 6) is 0.768. The summed E-state index contributed by atoms with van der Waals surface area (Å²) in [7, 11) is 0. The molecule has 2 N–H and O–H groups in total. The first-order valence-electron chi connectivity index (χ1n) is 8.16. The van der Waals surface area contributed by atoms with Gasteiger partial charge in [-0.15, -0.1) is 0 Å². The summed E-state index contributed by atoms with van der Waals surface area (Å²) in [6, 6.07) is 0. The average Bonchev–Trinajstić information content (AvgIpc) is 2.40. The number of unbranched alkanes of at least 4 members (excludes halogenated alkanes) is 2. The normalized spacial score (nSPS) is 28.8. The van der Waals surface area contributed by atoms with Crippen LogP contribution in [0.15, 0.2) is 0 Å². The number of nitrogens with zero attached hydrogens (tertiary/aromatic N) is 1. The molecule has 0 radical (unpaired) electrons. The van der Waals surface area contributed by atoms with E-state index in [-0.39, 0.29) is 0 Å². The Labute approximate surface area is 114 Å². The van der Waals surface area contributed by atoms with Crippen LogP contribution in [0.5, 0.6) is 0 Å². The van der Waals surface area contributed by atoms with Gasteiger partial charge in [0, 0.05) is 12.1 Å². The molecule has 0 aliphatic heterocycles. The molecular weight excluding hydrogens is 220 g/mol. The molecule has 2 unspecified atom stereocenters. The van der Waals surface area contributed by atoms with Gasteiger partial charge < -0.3 is 5.73 Å². The smallest absolute Gasteiger partial charge is 0.0357 e. The van der Waals surface area contributed by atoms with E-state index in [0.29, 0.717) is 5.54 Å². The Kier molecular flexibility index (Phi) is 7.25. The van der Waals surface area contributed by atoms with Crippen LogP contribution in [0.1, 0.15) is 72.1 Å². The van der Waals surface area contributed by atoms with E-state index in [9.17, 15) is 0 Å². The minimum Gasteiger partial charge on any atom is -0.329 e.